The fraction of sp³-hybridized carbons (Fsp3) is 0.409. The average Bonchev–Trinajstić information content (AvgIpc) is 3.10. The predicted octanol–water partition coefficient (Wildman–Crippen LogP) is 4.43. The lowest BCUT2D eigenvalue weighted by Crippen LogP contribution is -2.36. The van der Waals surface area contributed by atoms with Crippen molar-refractivity contribution in [3.63, 3.8) is 0 Å². The molecular weight excluding hydrogens is 368 g/mol. The number of fused-ring (bicyclic) bond motifs is 1. The van der Waals surface area contributed by atoms with E-state index in [9.17, 15) is 0 Å². The molecule has 4 rings (SSSR count). The summed E-state index contributed by atoms with van der Waals surface area (Å²) in [7, 11) is 1.69. The van der Waals surface area contributed by atoms with E-state index in [-0.39, 0.29) is 6.04 Å². The SMILES string of the molecule is COc1ccc(-c2nc(C)c(C(C)NC3CCc4nc(C)ncc4C3)s2)cc1. The summed E-state index contributed by atoms with van der Waals surface area (Å²) >= 11 is 1.77. The summed E-state index contributed by atoms with van der Waals surface area (Å²) in [4.78, 5) is 15.1. The molecule has 5 nitrogen and oxygen atoms in total. The fourth-order valence-electron chi connectivity index (χ4n) is 3.85. The summed E-state index contributed by atoms with van der Waals surface area (Å²) in [5.41, 5.74) is 4.73. The molecule has 0 amide bonds. The van der Waals surface area contributed by atoms with Crippen molar-refractivity contribution in [2.75, 3.05) is 7.11 Å². The number of nitrogens with one attached hydrogen (secondary N) is 1. The van der Waals surface area contributed by atoms with E-state index in [1.165, 1.54) is 16.1 Å². The molecule has 0 saturated carbocycles. The molecule has 2 heterocycles. The number of hydrogen-bond donors (Lipinski definition) is 1. The summed E-state index contributed by atoms with van der Waals surface area (Å²) in [6.07, 6.45) is 5.11. The lowest BCUT2D eigenvalue weighted by Gasteiger charge is -2.27. The van der Waals surface area contributed by atoms with Crippen molar-refractivity contribution in [1.29, 1.82) is 0 Å². The van der Waals surface area contributed by atoms with Gasteiger partial charge in [-0.25, -0.2) is 15.0 Å². The molecule has 0 aliphatic heterocycles. The minimum Gasteiger partial charge on any atom is -0.497 e. The first-order valence-corrected chi connectivity index (χ1v) is 10.5. The molecule has 2 aromatic heterocycles. The van der Waals surface area contributed by atoms with Crippen molar-refractivity contribution in [2.24, 2.45) is 0 Å². The van der Waals surface area contributed by atoms with Crippen LogP contribution in [0.5, 0.6) is 5.75 Å². The molecule has 28 heavy (non-hydrogen) atoms. The van der Waals surface area contributed by atoms with E-state index in [0.29, 0.717) is 6.04 Å². The minimum atomic E-state index is 0.266. The van der Waals surface area contributed by atoms with Crippen molar-refractivity contribution < 1.29 is 4.74 Å². The van der Waals surface area contributed by atoms with Crippen LogP contribution in [0.3, 0.4) is 0 Å². The maximum Gasteiger partial charge on any atom is 0.125 e. The number of benzene rings is 1. The average molecular weight is 395 g/mol. The molecule has 2 unspecified atom stereocenters. The Bertz CT molecular complexity index is 967. The Labute approximate surface area is 170 Å². The molecular formula is C22H26N4OS. The van der Waals surface area contributed by atoms with Crippen LogP contribution < -0.4 is 10.1 Å². The van der Waals surface area contributed by atoms with Gasteiger partial charge in [-0.2, -0.15) is 0 Å². The van der Waals surface area contributed by atoms with Crippen LogP contribution in [0.2, 0.25) is 0 Å². The number of aromatic nitrogens is 3. The van der Waals surface area contributed by atoms with Gasteiger partial charge in [-0.1, -0.05) is 0 Å². The van der Waals surface area contributed by atoms with E-state index >= 15 is 0 Å². The Morgan fingerprint density at radius 3 is 2.71 bits per heavy atom. The van der Waals surface area contributed by atoms with E-state index in [1.54, 1.807) is 18.4 Å². The zero-order valence-corrected chi connectivity index (χ0v) is 17.6. The second-order valence-electron chi connectivity index (χ2n) is 7.41. The van der Waals surface area contributed by atoms with Crippen LogP contribution in [-0.2, 0) is 12.8 Å². The van der Waals surface area contributed by atoms with Crippen molar-refractivity contribution in [3.05, 3.63) is 58.1 Å². The molecule has 1 aromatic carbocycles. The molecule has 0 fully saturated rings. The number of ether oxygens (including phenoxy) is 1. The number of nitrogens with zero attached hydrogens (tertiary/aromatic N) is 3. The maximum absolute atomic E-state index is 5.25. The number of rotatable bonds is 5. The second-order valence-corrected chi connectivity index (χ2v) is 8.45. The summed E-state index contributed by atoms with van der Waals surface area (Å²) < 4.78 is 5.25. The molecule has 0 saturated heterocycles. The minimum absolute atomic E-state index is 0.266. The molecule has 6 heteroatoms. The topological polar surface area (TPSA) is 59.9 Å². The van der Waals surface area contributed by atoms with Gasteiger partial charge in [0.2, 0.25) is 0 Å². The molecule has 146 valence electrons. The van der Waals surface area contributed by atoms with Crippen LogP contribution in [0.1, 0.15) is 47.0 Å². The summed E-state index contributed by atoms with van der Waals surface area (Å²) in [5, 5.41) is 4.87. The predicted molar refractivity (Wildman–Crippen MR) is 113 cm³/mol. The van der Waals surface area contributed by atoms with Crippen LogP contribution in [0.4, 0.5) is 0 Å². The van der Waals surface area contributed by atoms with E-state index in [4.69, 9.17) is 9.72 Å². The van der Waals surface area contributed by atoms with Crippen molar-refractivity contribution in [3.8, 4) is 16.3 Å². The highest BCUT2D eigenvalue weighted by atomic mass is 32.1. The Kier molecular flexibility index (Phi) is 5.42. The zero-order valence-electron chi connectivity index (χ0n) is 16.8. The molecule has 1 aliphatic carbocycles. The summed E-state index contributed by atoms with van der Waals surface area (Å²) in [6.45, 7) is 6.29. The normalized spacial score (nSPS) is 17.2. The van der Waals surface area contributed by atoms with Crippen molar-refractivity contribution >= 4 is 11.3 Å². The lowest BCUT2D eigenvalue weighted by molar-refractivity contribution is 0.411. The van der Waals surface area contributed by atoms with Gasteiger partial charge < -0.3 is 10.1 Å². The third-order valence-corrected chi connectivity index (χ3v) is 6.71. The van der Waals surface area contributed by atoms with Crippen LogP contribution >= 0.6 is 11.3 Å². The van der Waals surface area contributed by atoms with Crippen LogP contribution in [0, 0.1) is 13.8 Å². The Balaban J connectivity index is 1.47. The highest BCUT2D eigenvalue weighted by Gasteiger charge is 2.23. The monoisotopic (exact) mass is 394 g/mol. The van der Waals surface area contributed by atoms with Gasteiger partial charge >= 0.3 is 0 Å². The highest BCUT2D eigenvalue weighted by molar-refractivity contribution is 7.15. The number of aryl methyl sites for hydroxylation is 3. The molecule has 0 bridgehead atoms. The number of thiazole rings is 1. The molecule has 3 aromatic rings. The maximum atomic E-state index is 5.25. The molecule has 2 atom stereocenters. The lowest BCUT2D eigenvalue weighted by atomic mass is 9.92. The van der Waals surface area contributed by atoms with Crippen LogP contribution in [-0.4, -0.2) is 28.1 Å². The number of methoxy groups -OCH3 is 1. The first kappa shape index (κ1) is 19.0. The largest absolute Gasteiger partial charge is 0.497 e. The second kappa shape index (κ2) is 7.97. The quantitative estimate of drug-likeness (QED) is 0.693. The number of hydrogen-bond acceptors (Lipinski definition) is 6. The van der Waals surface area contributed by atoms with Crippen LogP contribution in [0.15, 0.2) is 30.5 Å². The zero-order chi connectivity index (χ0) is 19.7. The van der Waals surface area contributed by atoms with Gasteiger partial charge in [0.25, 0.3) is 0 Å². The van der Waals surface area contributed by atoms with Gasteiger partial charge in [0.1, 0.15) is 16.6 Å². The van der Waals surface area contributed by atoms with Gasteiger partial charge in [-0.3, -0.25) is 0 Å². The van der Waals surface area contributed by atoms with Gasteiger partial charge in [-0.15, -0.1) is 11.3 Å². The third kappa shape index (κ3) is 3.93. The highest BCUT2D eigenvalue weighted by Crippen LogP contribution is 2.33. The van der Waals surface area contributed by atoms with Crippen molar-refractivity contribution in [1.82, 2.24) is 20.3 Å². The smallest absolute Gasteiger partial charge is 0.125 e. The Hall–Kier alpha value is -2.31. The van der Waals surface area contributed by atoms with E-state index < -0.39 is 0 Å². The van der Waals surface area contributed by atoms with Gasteiger partial charge in [-0.05, 0) is 69.9 Å². The summed E-state index contributed by atoms with van der Waals surface area (Å²) in [6, 6.07) is 8.81. The van der Waals surface area contributed by atoms with Gasteiger partial charge in [0.05, 0.1) is 12.8 Å². The molecule has 0 spiro atoms. The van der Waals surface area contributed by atoms with Crippen molar-refractivity contribution in [2.45, 2.75) is 52.1 Å². The van der Waals surface area contributed by atoms with Crippen LogP contribution in [0.25, 0.3) is 10.6 Å². The fourth-order valence-corrected chi connectivity index (χ4v) is 4.93. The van der Waals surface area contributed by atoms with E-state index in [0.717, 1.165) is 47.1 Å². The van der Waals surface area contributed by atoms with Gasteiger partial charge in [0.15, 0.2) is 0 Å². The first-order valence-electron chi connectivity index (χ1n) is 9.72. The Morgan fingerprint density at radius 1 is 1.18 bits per heavy atom. The van der Waals surface area contributed by atoms with E-state index in [2.05, 4.69) is 41.3 Å². The molecule has 1 aliphatic rings. The molecule has 0 radical (unpaired) electrons. The summed E-state index contributed by atoms with van der Waals surface area (Å²) in [5.74, 6) is 1.73. The third-order valence-electron chi connectivity index (χ3n) is 5.32. The standard InChI is InChI=1S/C22H26N4OS/c1-13(24-18-7-10-20-17(11-18)12-23-15(3)26-20)21-14(2)25-22(28-21)16-5-8-19(27-4)9-6-16/h5-6,8-9,12-13,18,24H,7,10-11H2,1-4H3. The molecule has 1 N–H and O–H groups in total. The Morgan fingerprint density at radius 2 is 1.96 bits per heavy atom. The van der Waals surface area contributed by atoms with Gasteiger partial charge in [0, 0.05) is 34.4 Å². The van der Waals surface area contributed by atoms with E-state index in [1.807, 2.05) is 25.3 Å². The first-order chi connectivity index (χ1) is 13.5.